The van der Waals surface area contributed by atoms with Crippen LogP contribution in [0.1, 0.15) is 101 Å². The first-order chi connectivity index (χ1) is 10.6. The van der Waals surface area contributed by atoms with Crippen LogP contribution >= 0.6 is 0 Å². The van der Waals surface area contributed by atoms with Gasteiger partial charge in [0.2, 0.25) is 0 Å². The first-order valence-electron chi connectivity index (χ1n) is 9.77. The molecule has 0 unspecified atom stereocenters. The van der Waals surface area contributed by atoms with E-state index in [0.717, 1.165) is 25.2 Å². The zero-order chi connectivity index (χ0) is 19.0. The molecule has 2 nitrogen and oxygen atoms in total. The van der Waals surface area contributed by atoms with Crippen molar-refractivity contribution in [2.45, 2.75) is 107 Å². The molecule has 0 aromatic rings. The molecule has 0 atom stereocenters. The molecule has 24 heavy (non-hydrogen) atoms. The second-order valence-electron chi connectivity index (χ2n) is 11.5. The molecule has 0 saturated heterocycles. The van der Waals surface area contributed by atoms with Gasteiger partial charge >= 0.3 is 5.97 Å². The zero-order valence-electron chi connectivity index (χ0n) is 18.0. The van der Waals surface area contributed by atoms with Crippen molar-refractivity contribution in [3.05, 3.63) is 0 Å². The highest BCUT2D eigenvalue weighted by Gasteiger charge is 2.42. The summed E-state index contributed by atoms with van der Waals surface area (Å²) in [6, 6.07) is 0. The smallest absolute Gasteiger partial charge is 0.311 e. The zero-order valence-corrected chi connectivity index (χ0v) is 18.0. The maximum atomic E-state index is 12.6. The third-order valence-electron chi connectivity index (χ3n) is 6.43. The lowest BCUT2D eigenvalue weighted by Crippen LogP contribution is -2.41. The minimum Gasteiger partial charge on any atom is -0.462 e. The van der Waals surface area contributed by atoms with Crippen LogP contribution in [0.25, 0.3) is 0 Å². The fraction of sp³-hybridized carbons (Fsp3) is 0.955. The van der Waals surface area contributed by atoms with Crippen molar-refractivity contribution in [2.75, 3.05) is 0 Å². The second kappa shape index (κ2) is 7.00. The van der Waals surface area contributed by atoms with Gasteiger partial charge in [-0.15, -0.1) is 0 Å². The minimum atomic E-state index is -0.403. The average molecular weight is 339 g/mol. The summed E-state index contributed by atoms with van der Waals surface area (Å²) in [5, 5.41) is 0. The van der Waals surface area contributed by atoms with Crippen LogP contribution in [0.4, 0.5) is 0 Å². The number of hydrogen-bond acceptors (Lipinski definition) is 2. The molecule has 0 amide bonds. The predicted molar refractivity (Wildman–Crippen MR) is 103 cm³/mol. The van der Waals surface area contributed by atoms with Gasteiger partial charge in [-0.1, -0.05) is 55.4 Å². The van der Waals surface area contributed by atoms with Crippen LogP contribution < -0.4 is 0 Å². The molecule has 1 aliphatic rings. The molecular weight excluding hydrogens is 296 g/mol. The van der Waals surface area contributed by atoms with E-state index >= 15 is 0 Å². The van der Waals surface area contributed by atoms with Crippen LogP contribution in [0.3, 0.4) is 0 Å². The fourth-order valence-electron chi connectivity index (χ4n) is 4.22. The van der Waals surface area contributed by atoms with Crippen LogP contribution in [0, 0.1) is 27.6 Å². The molecule has 0 aromatic carbocycles. The van der Waals surface area contributed by atoms with Crippen molar-refractivity contribution in [2.24, 2.45) is 27.6 Å². The highest BCUT2D eigenvalue weighted by Crippen LogP contribution is 2.49. The summed E-state index contributed by atoms with van der Waals surface area (Å²) in [6.45, 7) is 22.4. The third kappa shape index (κ3) is 5.49. The van der Waals surface area contributed by atoms with E-state index in [0.29, 0.717) is 10.8 Å². The van der Waals surface area contributed by atoms with Crippen LogP contribution in [0.5, 0.6) is 0 Å². The quantitative estimate of drug-likeness (QED) is 0.538. The molecule has 1 fully saturated rings. The number of ether oxygens (including phenoxy) is 1. The van der Waals surface area contributed by atoms with Crippen molar-refractivity contribution in [3.63, 3.8) is 0 Å². The molecule has 0 spiro atoms. The Hall–Kier alpha value is -0.530. The van der Waals surface area contributed by atoms with E-state index in [1.165, 1.54) is 12.8 Å². The van der Waals surface area contributed by atoms with Gasteiger partial charge in [-0.05, 0) is 68.1 Å². The van der Waals surface area contributed by atoms with Gasteiger partial charge in [0, 0.05) is 0 Å². The minimum absolute atomic E-state index is 0.0176. The molecule has 1 saturated carbocycles. The Bertz CT molecular complexity index is 424. The SMILES string of the molecule is CC(C)(C)CC(C)(C)C(=O)OC1CCC(C(C)(C)C(C)(C)C)CC1. The molecule has 2 heteroatoms. The first kappa shape index (κ1) is 21.5. The van der Waals surface area contributed by atoms with Crippen molar-refractivity contribution in [1.29, 1.82) is 0 Å². The van der Waals surface area contributed by atoms with Gasteiger partial charge in [-0.3, -0.25) is 4.79 Å². The van der Waals surface area contributed by atoms with E-state index in [1.54, 1.807) is 0 Å². The van der Waals surface area contributed by atoms with Crippen molar-refractivity contribution >= 4 is 5.97 Å². The Kier molecular flexibility index (Phi) is 6.27. The summed E-state index contributed by atoms with van der Waals surface area (Å²) in [7, 11) is 0. The van der Waals surface area contributed by atoms with Gasteiger partial charge in [0.05, 0.1) is 5.41 Å². The second-order valence-corrected chi connectivity index (χ2v) is 11.5. The molecule has 1 rings (SSSR count). The normalized spacial score (nSPS) is 23.9. The molecular formula is C22H42O2. The molecule has 0 heterocycles. The van der Waals surface area contributed by atoms with Gasteiger partial charge < -0.3 is 4.74 Å². The van der Waals surface area contributed by atoms with Crippen molar-refractivity contribution in [3.8, 4) is 0 Å². The summed E-state index contributed by atoms with van der Waals surface area (Å²) >= 11 is 0. The topological polar surface area (TPSA) is 26.3 Å². The first-order valence-corrected chi connectivity index (χ1v) is 9.77. The standard InChI is InChI=1S/C22H42O2/c1-19(2,3)15-21(7,8)18(23)24-17-13-11-16(12-14-17)22(9,10)20(4,5)6/h16-17H,11-15H2,1-10H3. The maximum absolute atomic E-state index is 12.6. The van der Waals surface area contributed by atoms with Crippen molar-refractivity contribution in [1.82, 2.24) is 0 Å². The Morgan fingerprint density at radius 3 is 1.67 bits per heavy atom. The Morgan fingerprint density at radius 2 is 1.29 bits per heavy atom. The van der Waals surface area contributed by atoms with E-state index < -0.39 is 5.41 Å². The molecule has 0 aromatic heterocycles. The van der Waals surface area contributed by atoms with Gasteiger partial charge in [0.25, 0.3) is 0 Å². The average Bonchev–Trinajstić information content (AvgIpc) is 2.35. The molecule has 0 aliphatic heterocycles. The summed E-state index contributed by atoms with van der Waals surface area (Å²) < 4.78 is 5.91. The fourth-order valence-corrected chi connectivity index (χ4v) is 4.22. The van der Waals surface area contributed by atoms with Gasteiger partial charge in [0.1, 0.15) is 6.10 Å². The summed E-state index contributed by atoms with van der Waals surface area (Å²) in [6.07, 6.45) is 5.33. The predicted octanol–water partition coefficient (Wildman–Crippen LogP) is 6.62. The van der Waals surface area contributed by atoms with Gasteiger partial charge in [-0.2, -0.15) is 0 Å². The number of carbonyl (C=O) groups is 1. The van der Waals surface area contributed by atoms with E-state index in [2.05, 4.69) is 55.4 Å². The number of hydrogen-bond donors (Lipinski definition) is 0. The third-order valence-corrected chi connectivity index (χ3v) is 6.43. The van der Waals surface area contributed by atoms with E-state index in [9.17, 15) is 4.79 Å². The van der Waals surface area contributed by atoms with E-state index in [-0.39, 0.29) is 17.5 Å². The Labute approximate surface area is 151 Å². The molecule has 142 valence electrons. The van der Waals surface area contributed by atoms with Gasteiger partial charge in [-0.25, -0.2) is 0 Å². The Morgan fingerprint density at radius 1 is 0.833 bits per heavy atom. The highest BCUT2D eigenvalue weighted by atomic mass is 16.5. The van der Waals surface area contributed by atoms with Gasteiger partial charge in [0.15, 0.2) is 0 Å². The monoisotopic (exact) mass is 338 g/mol. The molecule has 0 bridgehead atoms. The lowest BCUT2D eigenvalue weighted by atomic mass is 9.58. The maximum Gasteiger partial charge on any atom is 0.311 e. The van der Waals surface area contributed by atoms with Crippen LogP contribution in [0.15, 0.2) is 0 Å². The summed E-state index contributed by atoms with van der Waals surface area (Å²) in [4.78, 5) is 12.6. The largest absolute Gasteiger partial charge is 0.462 e. The van der Waals surface area contributed by atoms with Crippen LogP contribution in [0.2, 0.25) is 0 Å². The molecule has 0 radical (unpaired) electrons. The highest BCUT2D eigenvalue weighted by molar-refractivity contribution is 5.76. The summed E-state index contributed by atoms with van der Waals surface area (Å²) in [5.74, 6) is 0.700. The molecule has 1 aliphatic carbocycles. The van der Waals surface area contributed by atoms with E-state index in [4.69, 9.17) is 4.74 Å². The lowest BCUT2D eigenvalue weighted by molar-refractivity contribution is -0.164. The number of esters is 1. The van der Waals surface area contributed by atoms with Crippen LogP contribution in [-0.4, -0.2) is 12.1 Å². The summed E-state index contributed by atoms with van der Waals surface area (Å²) in [5.41, 5.74) is 0.347. The lowest BCUT2D eigenvalue weighted by Gasteiger charge is -2.47. The number of carbonyl (C=O) groups excluding carboxylic acids is 1. The van der Waals surface area contributed by atoms with Crippen molar-refractivity contribution < 1.29 is 9.53 Å². The molecule has 0 N–H and O–H groups in total. The Balaban J connectivity index is 2.59. The van der Waals surface area contributed by atoms with Crippen LogP contribution in [-0.2, 0) is 9.53 Å². The van der Waals surface area contributed by atoms with E-state index in [1.807, 2.05) is 13.8 Å². The number of rotatable bonds is 4.